The molecule has 0 N–H and O–H groups in total. The van der Waals surface area contributed by atoms with Crippen molar-refractivity contribution in [2.75, 3.05) is 0 Å². The number of nitriles is 1. The SMILES string of the molecule is [C-]#[N+]c1ccc(-c2ccc(-c3ccc(C#N)cc3)c3c2-c2cccc4cccc-3c24)cc1. The van der Waals surface area contributed by atoms with Crippen LogP contribution in [0, 0.1) is 17.9 Å². The molecule has 0 amide bonds. The smallest absolute Gasteiger partial charge is 0.187 e. The lowest BCUT2D eigenvalue weighted by atomic mass is 9.87. The number of nitrogens with zero attached hydrogens (tertiary/aromatic N) is 2. The van der Waals surface area contributed by atoms with E-state index >= 15 is 0 Å². The van der Waals surface area contributed by atoms with Crippen molar-refractivity contribution in [3.63, 3.8) is 0 Å². The Kier molecular flexibility index (Phi) is 3.94. The van der Waals surface area contributed by atoms with Crippen molar-refractivity contribution in [2.45, 2.75) is 0 Å². The van der Waals surface area contributed by atoms with Gasteiger partial charge in [0, 0.05) is 0 Å². The lowest BCUT2D eigenvalue weighted by Crippen LogP contribution is -1.89. The number of fused-ring (bicyclic) bond motifs is 3. The summed E-state index contributed by atoms with van der Waals surface area (Å²) in [5.41, 5.74) is 10.8. The average Bonchev–Trinajstić information content (AvgIpc) is 3.20. The van der Waals surface area contributed by atoms with Crippen LogP contribution in [0.2, 0.25) is 0 Å². The van der Waals surface area contributed by atoms with Gasteiger partial charge < -0.3 is 0 Å². The molecule has 146 valence electrons. The summed E-state index contributed by atoms with van der Waals surface area (Å²) in [5, 5.41) is 11.7. The van der Waals surface area contributed by atoms with Crippen molar-refractivity contribution >= 4 is 16.5 Å². The molecule has 0 saturated carbocycles. The summed E-state index contributed by atoms with van der Waals surface area (Å²) >= 11 is 0. The minimum Gasteiger partial charge on any atom is -0.238 e. The zero-order valence-electron chi connectivity index (χ0n) is 17.1. The Morgan fingerprint density at radius 3 is 1.62 bits per heavy atom. The van der Waals surface area contributed by atoms with Crippen LogP contribution in [0.25, 0.3) is 60.1 Å². The minimum absolute atomic E-state index is 0.644. The minimum atomic E-state index is 0.644. The van der Waals surface area contributed by atoms with Gasteiger partial charge in [-0.2, -0.15) is 5.26 Å². The highest BCUT2D eigenvalue weighted by Gasteiger charge is 2.27. The van der Waals surface area contributed by atoms with E-state index in [1.165, 1.54) is 33.0 Å². The molecular weight excluding hydrogens is 388 g/mol. The first kappa shape index (κ1) is 18.1. The molecule has 6 rings (SSSR count). The molecule has 0 aromatic heterocycles. The maximum Gasteiger partial charge on any atom is 0.187 e. The normalized spacial score (nSPS) is 11.1. The van der Waals surface area contributed by atoms with E-state index in [9.17, 15) is 5.26 Å². The molecule has 0 radical (unpaired) electrons. The predicted molar refractivity (Wildman–Crippen MR) is 130 cm³/mol. The topological polar surface area (TPSA) is 28.1 Å². The number of benzene rings is 5. The molecule has 2 heteroatoms. The van der Waals surface area contributed by atoms with Gasteiger partial charge in [0.2, 0.25) is 0 Å². The van der Waals surface area contributed by atoms with Gasteiger partial charge in [-0.25, -0.2) is 4.85 Å². The molecule has 0 bridgehead atoms. The predicted octanol–water partition coefficient (Wildman–Crippen LogP) is 8.24. The van der Waals surface area contributed by atoms with E-state index in [1.807, 2.05) is 48.5 Å². The first-order chi connectivity index (χ1) is 15.8. The van der Waals surface area contributed by atoms with Crippen molar-refractivity contribution in [3.8, 4) is 50.6 Å². The van der Waals surface area contributed by atoms with Crippen LogP contribution in [-0.4, -0.2) is 0 Å². The quantitative estimate of drug-likeness (QED) is 0.267. The van der Waals surface area contributed by atoms with E-state index in [2.05, 4.69) is 59.4 Å². The van der Waals surface area contributed by atoms with Gasteiger partial charge in [0.1, 0.15) is 0 Å². The van der Waals surface area contributed by atoms with E-state index in [0.29, 0.717) is 11.3 Å². The summed E-state index contributed by atoms with van der Waals surface area (Å²) in [6.45, 7) is 7.26. The Balaban J connectivity index is 1.69. The molecule has 2 nitrogen and oxygen atoms in total. The van der Waals surface area contributed by atoms with E-state index in [4.69, 9.17) is 6.57 Å². The zero-order chi connectivity index (χ0) is 21.7. The zero-order valence-corrected chi connectivity index (χ0v) is 17.1. The highest BCUT2D eigenvalue weighted by atomic mass is 14.6. The van der Waals surface area contributed by atoms with Crippen LogP contribution >= 0.6 is 0 Å². The van der Waals surface area contributed by atoms with Crippen LogP contribution < -0.4 is 0 Å². The summed E-state index contributed by atoms with van der Waals surface area (Å²) in [6, 6.07) is 35.2. The summed E-state index contributed by atoms with van der Waals surface area (Å²) in [7, 11) is 0. The van der Waals surface area contributed by atoms with E-state index in [0.717, 1.165) is 22.3 Å². The van der Waals surface area contributed by atoms with Crippen molar-refractivity contribution in [1.82, 2.24) is 0 Å². The van der Waals surface area contributed by atoms with Crippen molar-refractivity contribution < 1.29 is 0 Å². The molecule has 0 fully saturated rings. The fourth-order valence-electron chi connectivity index (χ4n) is 4.84. The van der Waals surface area contributed by atoms with Crippen LogP contribution in [0.1, 0.15) is 5.56 Å². The van der Waals surface area contributed by atoms with Gasteiger partial charge in [-0.3, -0.25) is 0 Å². The summed E-state index contributed by atoms with van der Waals surface area (Å²) in [5.74, 6) is 0. The molecule has 0 heterocycles. The van der Waals surface area contributed by atoms with Crippen LogP contribution in [0.15, 0.2) is 97.1 Å². The number of hydrogen-bond acceptors (Lipinski definition) is 1. The van der Waals surface area contributed by atoms with Gasteiger partial charge >= 0.3 is 0 Å². The molecule has 32 heavy (non-hydrogen) atoms. The first-order valence-corrected chi connectivity index (χ1v) is 10.5. The van der Waals surface area contributed by atoms with Gasteiger partial charge in [-0.1, -0.05) is 84.9 Å². The molecule has 0 saturated heterocycles. The lowest BCUT2D eigenvalue weighted by molar-refractivity contribution is 1.48. The van der Waals surface area contributed by atoms with Gasteiger partial charge in [0.25, 0.3) is 0 Å². The molecule has 5 aromatic carbocycles. The van der Waals surface area contributed by atoms with Crippen molar-refractivity contribution in [3.05, 3.63) is 114 Å². The fraction of sp³-hybridized carbons (Fsp3) is 0. The van der Waals surface area contributed by atoms with Crippen LogP contribution in [-0.2, 0) is 0 Å². The fourth-order valence-corrected chi connectivity index (χ4v) is 4.84. The second kappa shape index (κ2) is 6.95. The molecule has 0 atom stereocenters. The Morgan fingerprint density at radius 2 is 1.12 bits per heavy atom. The van der Waals surface area contributed by atoms with Crippen LogP contribution in [0.5, 0.6) is 0 Å². The van der Waals surface area contributed by atoms with Gasteiger partial charge in [-0.15, -0.1) is 0 Å². The van der Waals surface area contributed by atoms with Gasteiger partial charge in [0.15, 0.2) is 5.69 Å². The Hall–Kier alpha value is -4.66. The maximum absolute atomic E-state index is 9.21. The van der Waals surface area contributed by atoms with E-state index in [-0.39, 0.29) is 0 Å². The van der Waals surface area contributed by atoms with Crippen molar-refractivity contribution in [2.24, 2.45) is 0 Å². The van der Waals surface area contributed by atoms with Crippen LogP contribution in [0.3, 0.4) is 0 Å². The van der Waals surface area contributed by atoms with E-state index in [1.54, 1.807) is 0 Å². The third kappa shape index (κ3) is 2.58. The van der Waals surface area contributed by atoms with Crippen molar-refractivity contribution in [1.29, 1.82) is 5.26 Å². The Morgan fingerprint density at radius 1 is 0.594 bits per heavy atom. The first-order valence-electron chi connectivity index (χ1n) is 10.5. The maximum atomic E-state index is 9.21. The third-order valence-corrected chi connectivity index (χ3v) is 6.28. The van der Waals surface area contributed by atoms with E-state index < -0.39 is 0 Å². The molecular formula is C30H16N2. The average molecular weight is 404 g/mol. The second-order valence-electron chi connectivity index (χ2n) is 7.97. The highest BCUT2D eigenvalue weighted by molar-refractivity contribution is 6.20. The molecule has 1 aliphatic carbocycles. The molecule has 1 aliphatic rings. The molecule has 0 aliphatic heterocycles. The standard InChI is InChI=1S/C30H16N2/c1-32-23-14-12-21(13-15-23)25-17-16-24(20-10-8-19(18-31)9-11-20)29-26-6-2-4-22-5-3-7-27(28(22)26)30(25)29/h2-17H. The molecule has 5 aromatic rings. The highest BCUT2D eigenvalue weighted by Crippen LogP contribution is 2.54. The summed E-state index contributed by atoms with van der Waals surface area (Å²) in [4.78, 5) is 3.54. The lowest BCUT2D eigenvalue weighted by Gasteiger charge is -2.16. The monoisotopic (exact) mass is 404 g/mol. The third-order valence-electron chi connectivity index (χ3n) is 6.28. The van der Waals surface area contributed by atoms with Gasteiger partial charge in [0.05, 0.1) is 18.2 Å². The van der Waals surface area contributed by atoms with Gasteiger partial charge in [-0.05, 0) is 67.4 Å². The van der Waals surface area contributed by atoms with Crippen LogP contribution in [0.4, 0.5) is 5.69 Å². The number of hydrogen-bond donors (Lipinski definition) is 0. The molecule has 0 unspecified atom stereocenters. The Labute approximate surface area is 186 Å². The number of rotatable bonds is 2. The summed E-state index contributed by atoms with van der Waals surface area (Å²) in [6.07, 6.45) is 0. The second-order valence-corrected chi connectivity index (χ2v) is 7.97. The summed E-state index contributed by atoms with van der Waals surface area (Å²) < 4.78 is 0. The largest absolute Gasteiger partial charge is 0.238 e. The Bertz CT molecular complexity index is 1490. The molecule has 0 spiro atoms.